The number of hydrogen-bond donors (Lipinski definition) is 3. The summed E-state index contributed by atoms with van der Waals surface area (Å²) in [5.41, 5.74) is 5.73. The Bertz CT molecular complexity index is 446. The van der Waals surface area contributed by atoms with Crippen LogP contribution < -0.4 is 11.1 Å². The summed E-state index contributed by atoms with van der Waals surface area (Å²) in [6.45, 7) is 0. The molecule has 2 unspecified atom stereocenters. The first-order chi connectivity index (χ1) is 8.06. The molecule has 2 atom stereocenters. The van der Waals surface area contributed by atoms with Crippen LogP contribution in [0.4, 0.5) is 5.13 Å². The number of carbonyl (C=O) groups excluding carboxylic acids is 1. The predicted octanol–water partition coefficient (Wildman–Crippen LogP) is 0.708. The number of nitrogens with two attached hydrogens (primary N) is 1. The van der Waals surface area contributed by atoms with Gasteiger partial charge in [0.2, 0.25) is 0 Å². The van der Waals surface area contributed by atoms with Crippen molar-refractivity contribution in [1.29, 1.82) is 0 Å². The molecule has 7 heteroatoms. The van der Waals surface area contributed by atoms with E-state index in [1.807, 2.05) is 0 Å². The fourth-order valence-electron chi connectivity index (χ4n) is 1.99. The molecule has 0 bridgehead atoms. The third-order valence-electron chi connectivity index (χ3n) is 2.87. The second-order valence-corrected chi connectivity index (χ2v) is 4.98. The number of aliphatic carboxylic acids is 1. The van der Waals surface area contributed by atoms with Crippen molar-refractivity contribution in [2.45, 2.75) is 25.3 Å². The van der Waals surface area contributed by atoms with Gasteiger partial charge in [-0.05, 0) is 19.3 Å². The van der Waals surface area contributed by atoms with E-state index in [2.05, 4.69) is 10.3 Å². The van der Waals surface area contributed by atoms with Crippen molar-refractivity contribution < 1.29 is 14.7 Å². The Morgan fingerprint density at radius 2 is 2.29 bits per heavy atom. The average Bonchev–Trinajstić information content (AvgIpc) is 2.86. The first kappa shape index (κ1) is 11.8. The zero-order valence-corrected chi connectivity index (χ0v) is 9.87. The van der Waals surface area contributed by atoms with Gasteiger partial charge >= 0.3 is 5.97 Å². The van der Waals surface area contributed by atoms with Gasteiger partial charge in [-0.1, -0.05) is 0 Å². The highest BCUT2D eigenvalue weighted by molar-refractivity contribution is 7.13. The topological polar surface area (TPSA) is 105 Å². The van der Waals surface area contributed by atoms with Gasteiger partial charge in [0, 0.05) is 11.4 Å². The molecule has 0 aliphatic heterocycles. The normalized spacial score (nSPS) is 23.5. The van der Waals surface area contributed by atoms with E-state index in [0.717, 1.165) is 0 Å². The van der Waals surface area contributed by atoms with Gasteiger partial charge in [-0.25, -0.2) is 4.98 Å². The molecule has 1 amide bonds. The van der Waals surface area contributed by atoms with Gasteiger partial charge in [-0.2, -0.15) is 0 Å². The lowest BCUT2D eigenvalue weighted by Gasteiger charge is -2.10. The van der Waals surface area contributed by atoms with E-state index < -0.39 is 5.97 Å². The Balaban J connectivity index is 1.90. The van der Waals surface area contributed by atoms with Crippen LogP contribution in [0.15, 0.2) is 5.38 Å². The number of thiazole rings is 1. The van der Waals surface area contributed by atoms with Crippen LogP contribution >= 0.6 is 11.3 Å². The molecule has 1 heterocycles. The van der Waals surface area contributed by atoms with Gasteiger partial charge in [0.1, 0.15) is 5.69 Å². The van der Waals surface area contributed by atoms with Gasteiger partial charge in [0.05, 0.1) is 5.92 Å². The minimum absolute atomic E-state index is 0.0773. The number of rotatable bonds is 3. The number of amides is 1. The summed E-state index contributed by atoms with van der Waals surface area (Å²) >= 11 is 1.21. The molecule has 0 saturated heterocycles. The van der Waals surface area contributed by atoms with Gasteiger partial charge in [-0.15, -0.1) is 11.3 Å². The number of nitrogen functional groups attached to an aromatic ring is 1. The molecule has 2 rings (SSSR count). The summed E-state index contributed by atoms with van der Waals surface area (Å²) in [6.07, 6.45) is 1.79. The monoisotopic (exact) mass is 255 g/mol. The maximum Gasteiger partial charge on any atom is 0.306 e. The van der Waals surface area contributed by atoms with E-state index in [4.69, 9.17) is 10.8 Å². The SMILES string of the molecule is Nc1nc(C(=O)NC2CCC(C(=O)O)C2)cs1. The highest BCUT2D eigenvalue weighted by Gasteiger charge is 2.30. The molecule has 0 aromatic carbocycles. The van der Waals surface area contributed by atoms with E-state index in [1.165, 1.54) is 11.3 Å². The third kappa shape index (κ3) is 2.73. The number of aromatic nitrogens is 1. The number of nitrogens with zero attached hydrogens (tertiary/aromatic N) is 1. The molecule has 92 valence electrons. The highest BCUT2D eigenvalue weighted by atomic mass is 32.1. The first-order valence-corrected chi connectivity index (χ1v) is 6.19. The molecule has 0 spiro atoms. The Hall–Kier alpha value is -1.63. The molecule has 1 aliphatic carbocycles. The average molecular weight is 255 g/mol. The summed E-state index contributed by atoms with van der Waals surface area (Å²) in [5.74, 6) is -1.42. The molecule has 6 nitrogen and oxygen atoms in total. The number of carboxylic acid groups (broad SMARTS) is 1. The fraction of sp³-hybridized carbons (Fsp3) is 0.500. The van der Waals surface area contributed by atoms with Crippen molar-refractivity contribution in [3.05, 3.63) is 11.1 Å². The largest absolute Gasteiger partial charge is 0.481 e. The number of hydrogen-bond acceptors (Lipinski definition) is 5. The molecule has 1 aliphatic rings. The van der Waals surface area contributed by atoms with Crippen LogP contribution in [0.5, 0.6) is 0 Å². The second kappa shape index (κ2) is 4.70. The summed E-state index contributed by atoms with van der Waals surface area (Å²) in [5, 5.41) is 13.6. The first-order valence-electron chi connectivity index (χ1n) is 5.31. The Labute approximate surface area is 102 Å². The summed E-state index contributed by atoms with van der Waals surface area (Å²) in [6, 6.07) is -0.0773. The summed E-state index contributed by atoms with van der Waals surface area (Å²) < 4.78 is 0. The molecular weight excluding hydrogens is 242 g/mol. The molecule has 4 N–H and O–H groups in total. The Morgan fingerprint density at radius 3 is 2.82 bits per heavy atom. The van der Waals surface area contributed by atoms with Crippen LogP contribution in [-0.4, -0.2) is 28.0 Å². The molecule has 1 aromatic rings. The van der Waals surface area contributed by atoms with Crippen molar-refractivity contribution in [3.63, 3.8) is 0 Å². The lowest BCUT2D eigenvalue weighted by Crippen LogP contribution is -2.33. The lowest BCUT2D eigenvalue weighted by atomic mass is 10.1. The molecule has 1 aromatic heterocycles. The van der Waals surface area contributed by atoms with Crippen LogP contribution in [0.3, 0.4) is 0 Å². The van der Waals surface area contributed by atoms with E-state index in [-0.39, 0.29) is 17.9 Å². The third-order valence-corrected chi connectivity index (χ3v) is 3.55. The Morgan fingerprint density at radius 1 is 1.53 bits per heavy atom. The maximum atomic E-state index is 11.7. The molecule has 17 heavy (non-hydrogen) atoms. The standard InChI is InChI=1S/C10H13N3O3S/c11-10-13-7(4-17-10)8(14)12-6-2-1-5(3-6)9(15)16/h4-6H,1-3H2,(H2,11,13)(H,12,14)(H,15,16). The van der Waals surface area contributed by atoms with Crippen molar-refractivity contribution in [3.8, 4) is 0 Å². The van der Waals surface area contributed by atoms with Crippen LogP contribution in [0, 0.1) is 5.92 Å². The van der Waals surface area contributed by atoms with Crippen LogP contribution in [0.1, 0.15) is 29.8 Å². The molecule has 1 fully saturated rings. The molecule has 1 saturated carbocycles. The van der Waals surface area contributed by atoms with E-state index in [1.54, 1.807) is 5.38 Å². The number of carboxylic acids is 1. The van der Waals surface area contributed by atoms with Crippen molar-refractivity contribution in [1.82, 2.24) is 10.3 Å². The zero-order chi connectivity index (χ0) is 12.4. The quantitative estimate of drug-likeness (QED) is 0.737. The van der Waals surface area contributed by atoms with Crippen molar-refractivity contribution in [2.24, 2.45) is 5.92 Å². The van der Waals surface area contributed by atoms with Gasteiger partial charge in [0.15, 0.2) is 5.13 Å². The fourth-order valence-corrected chi connectivity index (χ4v) is 2.53. The minimum Gasteiger partial charge on any atom is -0.481 e. The van der Waals surface area contributed by atoms with E-state index in [9.17, 15) is 9.59 Å². The van der Waals surface area contributed by atoms with Gasteiger partial charge in [-0.3, -0.25) is 9.59 Å². The maximum absolute atomic E-state index is 11.7. The predicted molar refractivity (Wildman–Crippen MR) is 62.8 cm³/mol. The van der Waals surface area contributed by atoms with Crippen LogP contribution in [0.25, 0.3) is 0 Å². The van der Waals surface area contributed by atoms with Crippen LogP contribution in [-0.2, 0) is 4.79 Å². The van der Waals surface area contributed by atoms with Crippen molar-refractivity contribution >= 4 is 28.3 Å². The number of anilines is 1. The lowest BCUT2D eigenvalue weighted by molar-refractivity contribution is -0.141. The molecular formula is C10H13N3O3S. The minimum atomic E-state index is -0.792. The van der Waals surface area contributed by atoms with Gasteiger partial charge < -0.3 is 16.2 Å². The smallest absolute Gasteiger partial charge is 0.306 e. The van der Waals surface area contributed by atoms with Crippen molar-refractivity contribution in [2.75, 3.05) is 5.73 Å². The van der Waals surface area contributed by atoms with Crippen LogP contribution in [0.2, 0.25) is 0 Å². The van der Waals surface area contributed by atoms with Gasteiger partial charge in [0.25, 0.3) is 5.91 Å². The Kier molecular flexibility index (Phi) is 3.28. The summed E-state index contributed by atoms with van der Waals surface area (Å²) in [4.78, 5) is 26.4. The zero-order valence-electron chi connectivity index (χ0n) is 9.05. The highest BCUT2D eigenvalue weighted by Crippen LogP contribution is 2.26. The number of nitrogens with one attached hydrogen (secondary N) is 1. The molecule has 0 radical (unpaired) electrons. The second-order valence-electron chi connectivity index (χ2n) is 4.09. The van der Waals surface area contributed by atoms with E-state index in [0.29, 0.717) is 30.1 Å². The summed E-state index contributed by atoms with van der Waals surface area (Å²) in [7, 11) is 0. The van der Waals surface area contributed by atoms with E-state index >= 15 is 0 Å². The number of carbonyl (C=O) groups is 2.